The summed E-state index contributed by atoms with van der Waals surface area (Å²) in [6, 6.07) is 12.0. The van der Waals surface area contributed by atoms with Crippen LogP contribution >= 0.6 is 0 Å². The molecule has 1 N–H and O–H groups in total. The van der Waals surface area contributed by atoms with Gasteiger partial charge in [-0.15, -0.1) is 0 Å². The number of sulfonamides is 1. The van der Waals surface area contributed by atoms with E-state index in [0.29, 0.717) is 12.3 Å². The van der Waals surface area contributed by atoms with Crippen molar-refractivity contribution in [2.24, 2.45) is 0 Å². The summed E-state index contributed by atoms with van der Waals surface area (Å²) in [4.78, 5) is 28.0. The van der Waals surface area contributed by atoms with Crippen molar-refractivity contribution < 1.29 is 22.7 Å². The van der Waals surface area contributed by atoms with Gasteiger partial charge in [-0.25, -0.2) is 8.42 Å². The first-order valence-corrected chi connectivity index (χ1v) is 13.6. The second kappa shape index (κ2) is 12.6. The Morgan fingerprint density at radius 3 is 2.40 bits per heavy atom. The first-order chi connectivity index (χ1) is 16.5. The van der Waals surface area contributed by atoms with E-state index >= 15 is 0 Å². The number of benzene rings is 2. The average Bonchev–Trinajstić information content (AvgIpc) is 2.80. The minimum atomic E-state index is -3.84. The number of hydrogen-bond donors (Lipinski definition) is 1. The van der Waals surface area contributed by atoms with E-state index in [9.17, 15) is 18.0 Å². The number of rotatable bonds is 12. The fraction of sp³-hybridized carbons (Fsp3) is 0.462. The van der Waals surface area contributed by atoms with E-state index in [4.69, 9.17) is 4.74 Å². The normalized spacial score (nSPS) is 12.1. The van der Waals surface area contributed by atoms with E-state index in [1.54, 1.807) is 25.1 Å². The van der Waals surface area contributed by atoms with E-state index in [0.717, 1.165) is 40.1 Å². The van der Waals surface area contributed by atoms with Gasteiger partial charge in [-0.2, -0.15) is 0 Å². The third-order valence-electron chi connectivity index (χ3n) is 5.88. The number of hydrogen-bond acceptors (Lipinski definition) is 5. The van der Waals surface area contributed by atoms with Gasteiger partial charge in [0.25, 0.3) is 0 Å². The molecule has 0 unspecified atom stereocenters. The number of carbonyl (C=O) groups is 2. The molecule has 0 saturated heterocycles. The highest BCUT2D eigenvalue weighted by Crippen LogP contribution is 2.31. The van der Waals surface area contributed by atoms with Crippen molar-refractivity contribution in [1.82, 2.24) is 10.2 Å². The summed E-state index contributed by atoms with van der Waals surface area (Å²) in [5, 5.41) is 2.88. The Morgan fingerprint density at radius 2 is 1.80 bits per heavy atom. The lowest BCUT2D eigenvalue weighted by Gasteiger charge is -2.32. The second-order valence-electron chi connectivity index (χ2n) is 8.71. The molecule has 2 aromatic rings. The molecule has 0 saturated carbocycles. The van der Waals surface area contributed by atoms with Gasteiger partial charge >= 0.3 is 0 Å². The SMILES string of the molecule is CCCCNC(=O)[C@H](C)N(Cc1ccccc1C)C(=O)CN(c1cc(C)ccc1OC)S(C)(=O)=O. The molecule has 8 nitrogen and oxygen atoms in total. The molecule has 0 heterocycles. The molecule has 192 valence electrons. The quantitative estimate of drug-likeness (QED) is 0.448. The van der Waals surface area contributed by atoms with Crippen molar-refractivity contribution in [3.63, 3.8) is 0 Å². The van der Waals surface area contributed by atoms with Crippen molar-refractivity contribution in [1.29, 1.82) is 0 Å². The average molecular weight is 504 g/mol. The number of nitrogens with zero attached hydrogens (tertiary/aromatic N) is 2. The molecule has 0 aromatic heterocycles. The summed E-state index contributed by atoms with van der Waals surface area (Å²) in [6.07, 6.45) is 2.82. The van der Waals surface area contributed by atoms with Gasteiger partial charge in [-0.1, -0.05) is 43.7 Å². The molecule has 2 amide bonds. The Morgan fingerprint density at radius 1 is 1.11 bits per heavy atom. The molecule has 1 atom stereocenters. The van der Waals surface area contributed by atoms with Crippen LogP contribution < -0.4 is 14.4 Å². The third-order valence-corrected chi connectivity index (χ3v) is 7.01. The van der Waals surface area contributed by atoms with Crippen LogP contribution in [0, 0.1) is 13.8 Å². The van der Waals surface area contributed by atoms with Crippen LogP contribution in [0.3, 0.4) is 0 Å². The lowest BCUT2D eigenvalue weighted by molar-refractivity contribution is -0.139. The fourth-order valence-corrected chi connectivity index (χ4v) is 4.52. The maximum Gasteiger partial charge on any atom is 0.244 e. The summed E-state index contributed by atoms with van der Waals surface area (Å²) in [6.45, 7) is 7.69. The molecule has 0 fully saturated rings. The Bertz CT molecular complexity index is 1130. The molecule has 0 aliphatic carbocycles. The molecule has 2 aromatic carbocycles. The zero-order valence-electron chi connectivity index (χ0n) is 21.5. The minimum Gasteiger partial charge on any atom is -0.495 e. The van der Waals surface area contributed by atoms with E-state index in [2.05, 4.69) is 5.32 Å². The summed E-state index contributed by atoms with van der Waals surface area (Å²) in [5.41, 5.74) is 2.96. The van der Waals surface area contributed by atoms with Crippen molar-refractivity contribution in [2.75, 3.05) is 30.8 Å². The van der Waals surface area contributed by atoms with Gasteiger partial charge in [-0.3, -0.25) is 13.9 Å². The third kappa shape index (κ3) is 7.71. The molecule has 2 rings (SSSR count). The van der Waals surface area contributed by atoms with Crippen LogP contribution in [0.15, 0.2) is 42.5 Å². The fourth-order valence-electron chi connectivity index (χ4n) is 3.68. The van der Waals surface area contributed by atoms with Crippen LogP contribution in [-0.2, 0) is 26.2 Å². The Balaban J connectivity index is 2.43. The monoisotopic (exact) mass is 503 g/mol. The lowest BCUT2D eigenvalue weighted by Crippen LogP contribution is -2.51. The summed E-state index contributed by atoms with van der Waals surface area (Å²) >= 11 is 0. The Kier molecular flexibility index (Phi) is 10.1. The molecular formula is C26H37N3O5S. The van der Waals surface area contributed by atoms with Crippen LogP contribution in [0.2, 0.25) is 0 Å². The number of methoxy groups -OCH3 is 1. The number of anilines is 1. The minimum absolute atomic E-state index is 0.177. The number of aryl methyl sites for hydroxylation is 2. The van der Waals surface area contributed by atoms with Crippen molar-refractivity contribution in [3.8, 4) is 5.75 Å². The maximum absolute atomic E-state index is 13.6. The highest BCUT2D eigenvalue weighted by Gasteiger charge is 2.31. The molecule has 0 aliphatic rings. The number of nitrogens with one attached hydrogen (secondary N) is 1. The van der Waals surface area contributed by atoms with Crippen molar-refractivity contribution in [3.05, 3.63) is 59.2 Å². The molecule has 9 heteroatoms. The molecule has 0 bridgehead atoms. The Hall–Kier alpha value is -3.07. The topological polar surface area (TPSA) is 96.0 Å². The number of ether oxygens (including phenoxy) is 1. The largest absolute Gasteiger partial charge is 0.495 e. The first-order valence-electron chi connectivity index (χ1n) is 11.7. The number of amides is 2. The summed E-state index contributed by atoms with van der Waals surface area (Å²) in [7, 11) is -2.39. The van der Waals surface area contributed by atoms with Crippen LogP contribution in [0.4, 0.5) is 5.69 Å². The second-order valence-corrected chi connectivity index (χ2v) is 10.6. The molecule has 35 heavy (non-hydrogen) atoms. The van der Waals surface area contributed by atoms with Gasteiger partial charge in [0.15, 0.2) is 0 Å². The molecule has 0 spiro atoms. The van der Waals surface area contributed by atoms with E-state index in [1.165, 1.54) is 12.0 Å². The smallest absolute Gasteiger partial charge is 0.244 e. The van der Waals surface area contributed by atoms with Crippen molar-refractivity contribution in [2.45, 2.75) is 53.1 Å². The van der Waals surface area contributed by atoms with E-state index < -0.39 is 28.5 Å². The summed E-state index contributed by atoms with van der Waals surface area (Å²) in [5.74, 6) is -0.426. The maximum atomic E-state index is 13.6. The van der Waals surface area contributed by atoms with Gasteiger partial charge < -0.3 is 15.0 Å². The van der Waals surface area contributed by atoms with Crippen LogP contribution in [0.5, 0.6) is 5.75 Å². The molecule has 0 radical (unpaired) electrons. The molecule has 0 aliphatic heterocycles. The highest BCUT2D eigenvalue weighted by molar-refractivity contribution is 7.92. The van der Waals surface area contributed by atoms with Gasteiger partial charge in [0, 0.05) is 13.1 Å². The highest BCUT2D eigenvalue weighted by atomic mass is 32.2. The van der Waals surface area contributed by atoms with Crippen molar-refractivity contribution >= 4 is 27.5 Å². The zero-order chi connectivity index (χ0) is 26.2. The number of carbonyl (C=O) groups excluding carboxylic acids is 2. The van der Waals surface area contributed by atoms with Crippen LogP contribution in [-0.4, -0.2) is 57.6 Å². The van der Waals surface area contributed by atoms with Gasteiger partial charge in [0.2, 0.25) is 21.8 Å². The van der Waals surface area contributed by atoms with E-state index in [1.807, 2.05) is 45.0 Å². The van der Waals surface area contributed by atoms with Crippen LogP contribution in [0.1, 0.15) is 43.4 Å². The molecular weight excluding hydrogens is 466 g/mol. The predicted molar refractivity (Wildman–Crippen MR) is 139 cm³/mol. The zero-order valence-corrected chi connectivity index (χ0v) is 22.3. The standard InChI is InChI=1S/C26H37N3O5S/c1-7-8-15-27-26(31)21(4)28(17-22-12-10-9-11-20(22)3)25(30)18-29(35(6,32)33)23-16-19(2)13-14-24(23)34-5/h9-14,16,21H,7-8,15,17-18H2,1-6H3,(H,27,31)/t21-/m0/s1. The number of unbranched alkanes of at least 4 members (excludes halogenated alkanes) is 1. The first kappa shape index (κ1) is 28.2. The Labute approximate surface area is 209 Å². The van der Waals surface area contributed by atoms with Gasteiger partial charge in [0.1, 0.15) is 18.3 Å². The predicted octanol–water partition coefficient (Wildman–Crippen LogP) is 3.41. The van der Waals surface area contributed by atoms with Gasteiger partial charge in [-0.05, 0) is 56.0 Å². The lowest BCUT2D eigenvalue weighted by atomic mass is 10.1. The van der Waals surface area contributed by atoms with E-state index in [-0.39, 0.29) is 18.1 Å². The van der Waals surface area contributed by atoms with Crippen LogP contribution in [0.25, 0.3) is 0 Å². The van der Waals surface area contributed by atoms with Gasteiger partial charge in [0.05, 0.1) is 19.1 Å². The summed E-state index contributed by atoms with van der Waals surface area (Å²) < 4.78 is 32.0.